The Morgan fingerprint density at radius 1 is 1.30 bits per heavy atom. The lowest BCUT2D eigenvalue weighted by molar-refractivity contribution is -0.387. The molecule has 2 aromatic carbocycles. The Balaban J connectivity index is 2.01. The predicted octanol–water partition coefficient (Wildman–Crippen LogP) is 4.62. The van der Waals surface area contributed by atoms with Gasteiger partial charge in [-0.05, 0) is 30.0 Å². The van der Waals surface area contributed by atoms with Crippen molar-refractivity contribution in [1.82, 2.24) is 4.98 Å². The molecule has 3 rings (SSSR count). The topological polar surface area (TPSA) is 111 Å². The van der Waals surface area contributed by atoms with E-state index in [0.717, 1.165) is 15.7 Å². The Hall–Kier alpha value is -3.13. The first-order valence-corrected chi connectivity index (χ1v) is 9.19. The summed E-state index contributed by atoms with van der Waals surface area (Å²) in [5, 5.41) is 16.1. The van der Waals surface area contributed by atoms with Crippen molar-refractivity contribution in [2.24, 2.45) is 0 Å². The number of rotatable bonds is 6. The molecule has 0 atom stereocenters. The molecule has 7 nitrogen and oxygen atoms in total. The van der Waals surface area contributed by atoms with Crippen LogP contribution in [0.15, 0.2) is 58.6 Å². The first-order chi connectivity index (χ1) is 13.0. The molecule has 27 heavy (non-hydrogen) atoms. The van der Waals surface area contributed by atoms with Crippen LogP contribution in [0.1, 0.15) is 19.8 Å². The van der Waals surface area contributed by atoms with Crippen LogP contribution in [-0.2, 0) is 4.79 Å². The minimum Gasteiger partial charge on any atom is -0.397 e. The zero-order valence-electron chi connectivity index (χ0n) is 14.6. The van der Waals surface area contributed by atoms with Crippen LogP contribution < -0.4 is 11.1 Å². The maximum atomic E-state index is 11.8. The van der Waals surface area contributed by atoms with Gasteiger partial charge in [0.1, 0.15) is 0 Å². The standard InChI is InChI=1S/C19H18N4O3S/c1-2-4-19(24)22-15-10-16(23(25)26)18(9-14(15)20)27-17-6-3-5-12-11-21-8-7-13(12)17/h3,5-11H,2,4,20H2,1H3,(H,22,24). The van der Waals surface area contributed by atoms with E-state index in [0.29, 0.717) is 17.7 Å². The molecule has 0 radical (unpaired) electrons. The second kappa shape index (κ2) is 8.05. The summed E-state index contributed by atoms with van der Waals surface area (Å²) in [6, 6.07) is 10.4. The Morgan fingerprint density at radius 3 is 2.85 bits per heavy atom. The molecular formula is C19H18N4O3S. The van der Waals surface area contributed by atoms with E-state index in [1.54, 1.807) is 12.4 Å². The van der Waals surface area contributed by atoms with Crippen molar-refractivity contribution in [2.75, 3.05) is 11.1 Å². The lowest BCUT2D eigenvalue weighted by Crippen LogP contribution is -2.12. The Morgan fingerprint density at radius 2 is 2.11 bits per heavy atom. The number of anilines is 2. The van der Waals surface area contributed by atoms with Crippen molar-refractivity contribution in [3.05, 3.63) is 58.9 Å². The number of hydrogen-bond donors (Lipinski definition) is 2. The van der Waals surface area contributed by atoms with Crippen molar-refractivity contribution < 1.29 is 9.72 Å². The molecule has 0 aliphatic carbocycles. The molecule has 0 fully saturated rings. The first kappa shape index (κ1) is 18.7. The summed E-state index contributed by atoms with van der Waals surface area (Å²) < 4.78 is 0. The zero-order valence-corrected chi connectivity index (χ0v) is 15.5. The van der Waals surface area contributed by atoms with E-state index >= 15 is 0 Å². The maximum absolute atomic E-state index is 11.8. The van der Waals surface area contributed by atoms with Gasteiger partial charge in [0.15, 0.2) is 0 Å². The smallest absolute Gasteiger partial charge is 0.285 e. The van der Waals surface area contributed by atoms with Crippen LogP contribution in [-0.4, -0.2) is 15.8 Å². The van der Waals surface area contributed by atoms with Crippen LogP contribution in [0, 0.1) is 10.1 Å². The molecule has 0 unspecified atom stereocenters. The van der Waals surface area contributed by atoms with E-state index in [2.05, 4.69) is 10.3 Å². The van der Waals surface area contributed by atoms with Gasteiger partial charge in [-0.25, -0.2) is 0 Å². The number of nitrogen functional groups attached to an aromatic ring is 1. The van der Waals surface area contributed by atoms with Gasteiger partial charge < -0.3 is 11.1 Å². The number of hydrogen-bond acceptors (Lipinski definition) is 6. The van der Waals surface area contributed by atoms with Crippen LogP contribution in [0.2, 0.25) is 0 Å². The molecule has 0 saturated heterocycles. The number of fused-ring (bicyclic) bond motifs is 1. The molecule has 8 heteroatoms. The third-order valence-corrected chi connectivity index (χ3v) is 5.06. The summed E-state index contributed by atoms with van der Waals surface area (Å²) in [6.07, 6.45) is 4.43. The molecule has 0 bridgehead atoms. The molecule has 138 valence electrons. The van der Waals surface area contributed by atoms with Gasteiger partial charge in [-0.1, -0.05) is 30.8 Å². The van der Waals surface area contributed by atoms with E-state index in [1.807, 2.05) is 31.2 Å². The monoisotopic (exact) mass is 382 g/mol. The fourth-order valence-corrected chi connectivity index (χ4v) is 3.76. The van der Waals surface area contributed by atoms with Crippen LogP contribution in [0.3, 0.4) is 0 Å². The summed E-state index contributed by atoms with van der Waals surface area (Å²) in [5.41, 5.74) is 6.48. The van der Waals surface area contributed by atoms with Gasteiger partial charge in [-0.15, -0.1) is 0 Å². The van der Waals surface area contributed by atoms with Crippen molar-refractivity contribution in [3.63, 3.8) is 0 Å². The van der Waals surface area contributed by atoms with E-state index in [4.69, 9.17) is 5.73 Å². The number of nitrogens with two attached hydrogens (primary N) is 1. The fraction of sp³-hybridized carbons (Fsp3) is 0.158. The van der Waals surface area contributed by atoms with E-state index in [-0.39, 0.29) is 23.0 Å². The zero-order chi connectivity index (χ0) is 19.4. The van der Waals surface area contributed by atoms with Crippen LogP contribution in [0.5, 0.6) is 0 Å². The third kappa shape index (κ3) is 4.17. The second-order valence-corrected chi connectivity index (χ2v) is 7.00. The summed E-state index contributed by atoms with van der Waals surface area (Å²) in [5.74, 6) is -0.222. The van der Waals surface area contributed by atoms with Gasteiger partial charge >= 0.3 is 0 Å². The highest BCUT2D eigenvalue weighted by molar-refractivity contribution is 7.99. The van der Waals surface area contributed by atoms with Crippen LogP contribution in [0.4, 0.5) is 17.1 Å². The third-order valence-electron chi connectivity index (χ3n) is 3.94. The molecule has 3 aromatic rings. The first-order valence-electron chi connectivity index (χ1n) is 8.38. The molecule has 1 amide bonds. The van der Waals surface area contributed by atoms with Crippen LogP contribution in [0.25, 0.3) is 10.8 Å². The highest BCUT2D eigenvalue weighted by Gasteiger charge is 2.20. The SMILES string of the molecule is CCCC(=O)Nc1cc([N+](=O)[O-])c(Sc2cccc3cnccc23)cc1N. The van der Waals surface area contributed by atoms with E-state index < -0.39 is 4.92 Å². The summed E-state index contributed by atoms with van der Waals surface area (Å²) in [6.45, 7) is 1.88. The average Bonchev–Trinajstić information content (AvgIpc) is 2.64. The number of nitrogens with zero attached hydrogens (tertiary/aromatic N) is 2. The number of nitrogens with one attached hydrogen (secondary N) is 1. The van der Waals surface area contributed by atoms with Gasteiger partial charge in [0.05, 0.1) is 21.2 Å². The van der Waals surface area contributed by atoms with Crippen molar-refractivity contribution in [3.8, 4) is 0 Å². The van der Waals surface area contributed by atoms with Crippen molar-refractivity contribution in [2.45, 2.75) is 29.6 Å². The van der Waals surface area contributed by atoms with E-state index in [9.17, 15) is 14.9 Å². The molecule has 0 saturated carbocycles. The van der Waals surface area contributed by atoms with Gasteiger partial charge in [0.25, 0.3) is 5.69 Å². The number of carbonyl (C=O) groups excluding carboxylic acids is 1. The minimum atomic E-state index is -0.468. The van der Waals surface area contributed by atoms with Gasteiger partial charge in [-0.2, -0.15) is 0 Å². The summed E-state index contributed by atoms with van der Waals surface area (Å²) in [4.78, 5) is 28.3. The molecule has 3 N–H and O–H groups in total. The van der Waals surface area contributed by atoms with Gasteiger partial charge in [-0.3, -0.25) is 19.9 Å². The van der Waals surface area contributed by atoms with Gasteiger partial charge in [0.2, 0.25) is 5.91 Å². The van der Waals surface area contributed by atoms with Crippen LogP contribution >= 0.6 is 11.8 Å². The fourth-order valence-electron chi connectivity index (χ4n) is 2.66. The molecule has 1 heterocycles. The minimum absolute atomic E-state index is 0.105. The quantitative estimate of drug-likeness (QED) is 0.366. The number of carbonyl (C=O) groups is 1. The number of amides is 1. The number of benzene rings is 2. The molecule has 0 aliphatic rings. The second-order valence-electron chi connectivity index (χ2n) is 5.92. The Kier molecular flexibility index (Phi) is 5.56. The Labute approximate surface area is 160 Å². The predicted molar refractivity (Wildman–Crippen MR) is 107 cm³/mol. The normalized spacial score (nSPS) is 10.7. The highest BCUT2D eigenvalue weighted by atomic mass is 32.2. The number of aromatic nitrogens is 1. The molecule has 0 aliphatic heterocycles. The number of pyridine rings is 1. The Bertz CT molecular complexity index is 1020. The summed E-state index contributed by atoms with van der Waals surface area (Å²) in [7, 11) is 0. The lowest BCUT2D eigenvalue weighted by atomic mass is 10.2. The van der Waals surface area contributed by atoms with Crippen molar-refractivity contribution in [1.29, 1.82) is 0 Å². The highest BCUT2D eigenvalue weighted by Crippen LogP contribution is 2.41. The van der Waals surface area contributed by atoms with Gasteiger partial charge in [0, 0.05) is 35.2 Å². The number of nitro groups is 1. The van der Waals surface area contributed by atoms with Crippen molar-refractivity contribution >= 4 is 45.5 Å². The lowest BCUT2D eigenvalue weighted by Gasteiger charge is -2.11. The average molecular weight is 382 g/mol. The molecule has 0 spiro atoms. The van der Waals surface area contributed by atoms with E-state index in [1.165, 1.54) is 23.9 Å². The molecular weight excluding hydrogens is 364 g/mol. The largest absolute Gasteiger partial charge is 0.397 e. The molecule has 1 aromatic heterocycles. The number of nitro benzene ring substituents is 1. The summed E-state index contributed by atoms with van der Waals surface area (Å²) >= 11 is 1.26. The maximum Gasteiger partial charge on any atom is 0.285 e.